The maximum absolute atomic E-state index is 12.9. The fourth-order valence-corrected chi connectivity index (χ4v) is 5.87. The van der Waals surface area contributed by atoms with Crippen molar-refractivity contribution in [3.05, 3.63) is 23.3 Å². The molecule has 20 heavy (non-hydrogen) atoms. The van der Waals surface area contributed by atoms with E-state index in [1.165, 1.54) is 19.3 Å². The summed E-state index contributed by atoms with van der Waals surface area (Å²) in [7, 11) is -3.38. The lowest BCUT2D eigenvalue weighted by atomic mass is 10.0. The first-order valence-electron chi connectivity index (χ1n) is 7.26. The number of benzene rings is 1. The molecule has 2 atom stereocenters. The van der Waals surface area contributed by atoms with Gasteiger partial charge in [-0.1, -0.05) is 6.42 Å². The van der Waals surface area contributed by atoms with Crippen LogP contribution >= 0.6 is 0 Å². The summed E-state index contributed by atoms with van der Waals surface area (Å²) in [6.07, 6.45) is 3.61. The SMILES string of the molecule is Cc1cc(N)cc(C)c1S(=O)(=O)N1CC2CCCC2C1. The average molecular weight is 294 g/mol. The summed E-state index contributed by atoms with van der Waals surface area (Å²) < 4.78 is 27.5. The highest BCUT2D eigenvalue weighted by atomic mass is 32.2. The lowest BCUT2D eigenvalue weighted by molar-refractivity contribution is 0.445. The molecule has 1 aliphatic heterocycles. The molecule has 1 aliphatic carbocycles. The zero-order valence-corrected chi connectivity index (χ0v) is 12.9. The number of rotatable bonds is 2. The standard InChI is InChI=1S/C15H22N2O2S/c1-10-6-14(16)7-11(2)15(10)20(18,19)17-8-12-4-3-5-13(12)9-17/h6-7,12-13H,3-5,8-9,16H2,1-2H3. The van der Waals surface area contributed by atoms with Crippen LogP contribution in [0.25, 0.3) is 0 Å². The molecule has 1 saturated carbocycles. The Hall–Kier alpha value is -1.07. The molecule has 2 unspecified atom stereocenters. The van der Waals surface area contributed by atoms with Gasteiger partial charge in [0.2, 0.25) is 10.0 Å². The van der Waals surface area contributed by atoms with Crippen LogP contribution in [-0.4, -0.2) is 25.8 Å². The molecular weight excluding hydrogens is 272 g/mol. The molecule has 0 spiro atoms. The van der Waals surface area contributed by atoms with E-state index < -0.39 is 10.0 Å². The minimum Gasteiger partial charge on any atom is -0.399 e. The second kappa shape index (κ2) is 4.74. The summed E-state index contributed by atoms with van der Waals surface area (Å²) in [5, 5.41) is 0. The number of nitrogens with two attached hydrogens (primary N) is 1. The van der Waals surface area contributed by atoms with Gasteiger partial charge in [-0.2, -0.15) is 4.31 Å². The summed E-state index contributed by atoms with van der Waals surface area (Å²) in [5.74, 6) is 1.14. The lowest BCUT2D eigenvalue weighted by Crippen LogP contribution is -2.30. The first kappa shape index (κ1) is 13.9. The fourth-order valence-electron chi connectivity index (χ4n) is 3.91. The third-order valence-electron chi connectivity index (χ3n) is 4.77. The van der Waals surface area contributed by atoms with Crippen LogP contribution in [0.5, 0.6) is 0 Å². The Morgan fingerprint density at radius 1 is 1.10 bits per heavy atom. The maximum Gasteiger partial charge on any atom is 0.243 e. The summed E-state index contributed by atoms with van der Waals surface area (Å²) in [6, 6.07) is 3.49. The second-order valence-electron chi connectivity index (χ2n) is 6.26. The topological polar surface area (TPSA) is 63.4 Å². The van der Waals surface area contributed by atoms with Gasteiger partial charge in [0, 0.05) is 18.8 Å². The monoisotopic (exact) mass is 294 g/mol. The van der Waals surface area contributed by atoms with Crippen molar-refractivity contribution in [2.75, 3.05) is 18.8 Å². The Morgan fingerprint density at radius 2 is 1.60 bits per heavy atom. The van der Waals surface area contributed by atoms with Gasteiger partial charge in [-0.25, -0.2) is 8.42 Å². The normalized spacial score (nSPS) is 26.9. The second-order valence-corrected chi connectivity index (χ2v) is 8.13. The first-order valence-corrected chi connectivity index (χ1v) is 8.70. The molecule has 1 aromatic rings. The summed E-state index contributed by atoms with van der Waals surface area (Å²) in [6.45, 7) is 5.03. The molecule has 5 heteroatoms. The molecule has 0 aromatic heterocycles. The molecule has 0 radical (unpaired) electrons. The highest BCUT2D eigenvalue weighted by Gasteiger charge is 2.42. The van der Waals surface area contributed by atoms with Crippen molar-refractivity contribution in [1.29, 1.82) is 0 Å². The molecule has 0 amide bonds. The van der Waals surface area contributed by atoms with Gasteiger partial charge in [-0.15, -0.1) is 0 Å². The van der Waals surface area contributed by atoms with Crippen molar-refractivity contribution in [3.63, 3.8) is 0 Å². The van der Waals surface area contributed by atoms with Crippen LogP contribution in [0.4, 0.5) is 5.69 Å². The Labute approximate surface area is 121 Å². The molecule has 3 rings (SSSR count). The number of nitrogens with zero attached hydrogens (tertiary/aromatic N) is 1. The fraction of sp³-hybridized carbons (Fsp3) is 0.600. The van der Waals surface area contributed by atoms with Crippen molar-refractivity contribution < 1.29 is 8.42 Å². The van der Waals surface area contributed by atoms with E-state index in [1.807, 2.05) is 13.8 Å². The molecule has 1 aromatic carbocycles. The van der Waals surface area contributed by atoms with E-state index in [1.54, 1.807) is 16.4 Å². The van der Waals surface area contributed by atoms with Gasteiger partial charge < -0.3 is 5.73 Å². The van der Waals surface area contributed by atoms with Gasteiger partial charge in [0.15, 0.2) is 0 Å². The van der Waals surface area contributed by atoms with E-state index in [0.717, 1.165) is 11.1 Å². The quantitative estimate of drug-likeness (QED) is 0.851. The van der Waals surface area contributed by atoms with E-state index in [2.05, 4.69) is 0 Å². The number of fused-ring (bicyclic) bond motifs is 1. The molecule has 2 fully saturated rings. The van der Waals surface area contributed by atoms with Crippen molar-refractivity contribution in [2.45, 2.75) is 38.0 Å². The molecule has 1 heterocycles. The smallest absolute Gasteiger partial charge is 0.243 e. The van der Waals surface area contributed by atoms with Crippen LogP contribution in [0.1, 0.15) is 30.4 Å². The minimum absolute atomic E-state index is 0.451. The summed E-state index contributed by atoms with van der Waals surface area (Å²) in [5.41, 5.74) is 7.91. The molecule has 4 nitrogen and oxygen atoms in total. The van der Waals surface area contributed by atoms with Crippen molar-refractivity contribution in [2.24, 2.45) is 11.8 Å². The number of nitrogen functional groups attached to an aromatic ring is 1. The maximum atomic E-state index is 12.9. The summed E-state index contributed by atoms with van der Waals surface area (Å²) in [4.78, 5) is 0.451. The van der Waals surface area contributed by atoms with E-state index >= 15 is 0 Å². The highest BCUT2D eigenvalue weighted by molar-refractivity contribution is 7.89. The number of sulfonamides is 1. The van der Waals surface area contributed by atoms with Crippen LogP contribution in [0.15, 0.2) is 17.0 Å². The molecule has 0 bridgehead atoms. The summed E-state index contributed by atoms with van der Waals surface area (Å²) >= 11 is 0. The van der Waals surface area contributed by atoms with Gasteiger partial charge in [-0.05, 0) is 61.8 Å². The van der Waals surface area contributed by atoms with Crippen LogP contribution < -0.4 is 5.73 Å². The van der Waals surface area contributed by atoms with E-state index in [-0.39, 0.29) is 0 Å². The van der Waals surface area contributed by atoms with Crippen molar-refractivity contribution >= 4 is 15.7 Å². The Balaban J connectivity index is 1.97. The number of aryl methyl sites for hydroxylation is 2. The molecule has 110 valence electrons. The average Bonchev–Trinajstić information content (AvgIpc) is 2.85. The lowest BCUT2D eigenvalue weighted by Gasteiger charge is -2.20. The number of hydrogen-bond donors (Lipinski definition) is 1. The van der Waals surface area contributed by atoms with Crippen molar-refractivity contribution in [1.82, 2.24) is 4.31 Å². The van der Waals surface area contributed by atoms with E-state index in [4.69, 9.17) is 5.73 Å². The molecule has 2 aliphatic rings. The van der Waals surface area contributed by atoms with Gasteiger partial charge in [-0.3, -0.25) is 0 Å². The zero-order valence-electron chi connectivity index (χ0n) is 12.1. The van der Waals surface area contributed by atoms with Gasteiger partial charge in [0.1, 0.15) is 0 Å². The van der Waals surface area contributed by atoms with E-state index in [9.17, 15) is 8.42 Å². The van der Waals surface area contributed by atoms with Crippen LogP contribution in [0, 0.1) is 25.7 Å². The van der Waals surface area contributed by atoms with Crippen LogP contribution in [0.2, 0.25) is 0 Å². The van der Waals surface area contributed by atoms with Gasteiger partial charge >= 0.3 is 0 Å². The van der Waals surface area contributed by atoms with Gasteiger partial charge in [0.05, 0.1) is 4.90 Å². The number of anilines is 1. The molecular formula is C15H22N2O2S. The predicted octanol–water partition coefficient (Wildman–Crippen LogP) is 2.31. The third kappa shape index (κ3) is 2.13. The Kier molecular flexibility index (Phi) is 3.29. The Morgan fingerprint density at radius 3 is 2.10 bits per heavy atom. The Bertz CT molecular complexity index is 604. The first-order chi connectivity index (χ1) is 9.39. The van der Waals surface area contributed by atoms with Gasteiger partial charge in [0.25, 0.3) is 0 Å². The van der Waals surface area contributed by atoms with E-state index in [0.29, 0.717) is 35.5 Å². The minimum atomic E-state index is -3.38. The predicted molar refractivity (Wildman–Crippen MR) is 79.9 cm³/mol. The number of hydrogen-bond acceptors (Lipinski definition) is 3. The van der Waals surface area contributed by atoms with Crippen molar-refractivity contribution in [3.8, 4) is 0 Å². The zero-order chi connectivity index (χ0) is 14.5. The molecule has 2 N–H and O–H groups in total. The highest BCUT2D eigenvalue weighted by Crippen LogP contribution is 2.40. The largest absolute Gasteiger partial charge is 0.399 e. The molecule has 1 saturated heterocycles. The van der Waals surface area contributed by atoms with Crippen LogP contribution in [0.3, 0.4) is 0 Å². The van der Waals surface area contributed by atoms with Crippen LogP contribution in [-0.2, 0) is 10.0 Å². The third-order valence-corrected chi connectivity index (χ3v) is 6.91.